The van der Waals surface area contributed by atoms with E-state index in [2.05, 4.69) is 0 Å². The summed E-state index contributed by atoms with van der Waals surface area (Å²) >= 11 is 6.26. The van der Waals surface area contributed by atoms with E-state index in [0.717, 1.165) is 11.0 Å². The number of nitrogens with zero attached hydrogens (tertiary/aromatic N) is 4. The van der Waals surface area contributed by atoms with Gasteiger partial charge in [0.1, 0.15) is 6.04 Å². The number of carbonyl (C=O) groups is 3. The fourth-order valence-corrected chi connectivity index (χ4v) is 5.16. The molecular formula is C24H15ClN4O5. The first-order valence-corrected chi connectivity index (χ1v) is 10.7. The molecule has 2 saturated heterocycles. The summed E-state index contributed by atoms with van der Waals surface area (Å²) in [5.74, 6) is -3.61. The van der Waals surface area contributed by atoms with Crippen LogP contribution in [-0.2, 0) is 9.59 Å². The Bertz CT molecular complexity index is 1380. The fraction of sp³-hybridized carbons (Fsp3) is 0.167. The quantitative estimate of drug-likeness (QED) is 0.288. The van der Waals surface area contributed by atoms with Crippen LogP contribution in [-0.4, -0.2) is 39.5 Å². The van der Waals surface area contributed by atoms with Gasteiger partial charge < -0.3 is 4.90 Å². The van der Waals surface area contributed by atoms with Gasteiger partial charge in [-0.05, 0) is 24.3 Å². The number of rotatable bonds is 4. The van der Waals surface area contributed by atoms with E-state index in [-0.39, 0.29) is 22.0 Å². The van der Waals surface area contributed by atoms with Crippen LogP contribution in [0, 0.1) is 33.3 Å². The molecule has 2 aromatic carbocycles. The van der Waals surface area contributed by atoms with Crippen LogP contribution in [0.5, 0.6) is 0 Å². The first kappa shape index (κ1) is 21.6. The molecule has 2 aromatic rings. The van der Waals surface area contributed by atoms with Crippen LogP contribution >= 0.6 is 11.6 Å². The second-order valence-corrected chi connectivity index (χ2v) is 8.53. The normalized spacial score (nSPS) is 25.0. The minimum atomic E-state index is -1.09. The molecule has 2 fully saturated rings. The molecule has 0 N–H and O–H groups in total. The third-order valence-corrected chi connectivity index (χ3v) is 6.70. The predicted octanol–water partition coefficient (Wildman–Crippen LogP) is 3.27. The average molecular weight is 475 g/mol. The summed E-state index contributed by atoms with van der Waals surface area (Å²) in [5.41, 5.74) is 0.320. The molecule has 9 nitrogen and oxygen atoms in total. The van der Waals surface area contributed by atoms with Crippen molar-refractivity contribution < 1.29 is 19.3 Å². The van der Waals surface area contributed by atoms with E-state index in [0.29, 0.717) is 5.57 Å². The zero-order valence-corrected chi connectivity index (χ0v) is 18.1. The highest BCUT2D eigenvalue weighted by atomic mass is 35.5. The molecule has 0 aromatic heterocycles. The third-order valence-electron chi connectivity index (χ3n) is 6.38. The molecule has 3 aliphatic heterocycles. The molecule has 0 bridgehead atoms. The van der Waals surface area contributed by atoms with E-state index in [1.165, 1.54) is 30.5 Å². The van der Waals surface area contributed by atoms with Crippen LogP contribution in [0.3, 0.4) is 0 Å². The van der Waals surface area contributed by atoms with Gasteiger partial charge in [-0.15, -0.1) is 0 Å². The largest absolute Gasteiger partial charge is 0.359 e. The van der Waals surface area contributed by atoms with Crippen LogP contribution in [0.25, 0.3) is 0 Å². The number of nitro benzene ring substituents is 1. The number of non-ortho nitro benzene ring substituents is 1. The lowest BCUT2D eigenvalue weighted by molar-refractivity contribution is -0.384. The Morgan fingerprint density at radius 1 is 1.09 bits per heavy atom. The Balaban J connectivity index is 1.62. The van der Waals surface area contributed by atoms with Gasteiger partial charge in [-0.1, -0.05) is 35.9 Å². The number of hydrogen-bond donors (Lipinski definition) is 0. The Kier molecular flexibility index (Phi) is 5.03. The second kappa shape index (κ2) is 7.93. The molecule has 0 spiro atoms. The predicted molar refractivity (Wildman–Crippen MR) is 121 cm³/mol. The number of carbonyl (C=O) groups excluding carboxylic acids is 3. The van der Waals surface area contributed by atoms with Crippen molar-refractivity contribution in [2.24, 2.45) is 11.8 Å². The van der Waals surface area contributed by atoms with Crippen LogP contribution in [0.4, 0.5) is 11.4 Å². The van der Waals surface area contributed by atoms with Gasteiger partial charge in [-0.3, -0.25) is 24.5 Å². The lowest BCUT2D eigenvalue weighted by atomic mass is 9.86. The van der Waals surface area contributed by atoms with Crippen LogP contribution in [0.2, 0.25) is 5.02 Å². The van der Waals surface area contributed by atoms with Crippen molar-refractivity contribution in [1.82, 2.24) is 4.90 Å². The zero-order valence-electron chi connectivity index (χ0n) is 17.4. The number of ketones is 1. The topological polar surface area (TPSA) is 125 Å². The molecule has 2 amide bonds. The molecule has 10 heteroatoms. The number of nitro groups is 1. The van der Waals surface area contributed by atoms with Crippen molar-refractivity contribution in [3.05, 3.63) is 93.2 Å². The van der Waals surface area contributed by atoms with Crippen molar-refractivity contribution in [2.75, 3.05) is 4.90 Å². The van der Waals surface area contributed by atoms with E-state index < -0.39 is 46.4 Å². The number of hydrogen-bond acceptors (Lipinski definition) is 7. The number of halogens is 1. The number of anilines is 1. The average Bonchev–Trinajstić information content (AvgIpc) is 3.31. The van der Waals surface area contributed by atoms with Crippen molar-refractivity contribution in [2.45, 2.75) is 12.1 Å². The van der Waals surface area contributed by atoms with Gasteiger partial charge in [0.15, 0.2) is 5.78 Å². The van der Waals surface area contributed by atoms with E-state index in [4.69, 9.17) is 11.6 Å². The zero-order chi connectivity index (χ0) is 24.1. The lowest BCUT2D eigenvalue weighted by Crippen LogP contribution is -2.46. The monoisotopic (exact) mass is 474 g/mol. The molecule has 4 atom stereocenters. The molecule has 3 heterocycles. The van der Waals surface area contributed by atoms with Crippen LogP contribution < -0.4 is 4.90 Å². The number of fused-ring (bicyclic) bond motifs is 3. The van der Waals surface area contributed by atoms with Crippen LogP contribution in [0.1, 0.15) is 10.4 Å². The van der Waals surface area contributed by atoms with Gasteiger partial charge in [0.25, 0.3) is 5.69 Å². The minimum absolute atomic E-state index is 0.0542. The van der Waals surface area contributed by atoms with Gasteiger partial charge in [0.05, 0.1) is 45.2 Å². The summed E-state index contributed by atoms with van der Waals surface area (Å²) in [6, 6.07) is 11.9. The molecule has 168 valence electrons. The van der Waals surface area contributed by atoms with Gasteiger partial charge in [-0.25, -0.2) is 4.90 Å². The van der Waals surface area contributed by atoms with Crippen molar-refractivity contribution in [3.63, 3.8) is 0 Å². The van der Waals surface area contributed by atoms with E-state index >= 15 is 0 Å². The first-order chi connectivity index (χ1) is 16.3. The highest BCUT2D eigenvalue weighted by molar-refractivity contribution is 6.36. The molecule has 0 saturated carbocycles. The Hall–Kier alpha value is -4.29. The number of para-hydroxylation sites is 1. The first-order valence-electron chi connectivity index (χ1n) is 10.3. The maximum atomic E-state index is 13.6. The Labute approximate surface area is 198 Å². The molecular weight excluding hydrogens is 460 g/mol. The molecule has 0 unspecified atom stereocenters. The van der Waals surface area contributed by atoms with E-state index in [9.17, 15) is 29.8 Å². The molecule has 34 heavy (non-hydrogen) atoms. The molecule has 5 rings (SSSR count). The number of Topliss-reactive ketones (excluding diaryl/α,β-unsaturated/α-hetero) is 1. The number of nitriles is 1. The fourth-order valence-electron chi connectivity index (χ4n) is 4.94. The summed E-state index contributed by atoms with van der Waals surface area (Å²) in [6.45, 7) is 0. The Morgan fingerprint density at radius 3 is 2.53 bits per heavy atom. The SMILES string of the molecule is N#CC1=C[C@@H]2[C@@H]3C(=O)N(c4ccccc4Cl)C(=O)[C@H]3[C@@H](C(=O)c3cccc([N+](=O)[O-])c3)N2C=C1. The summed E-state index contributed by atoms with van der Waals surface area (Å²) in [6.07, 6.45) is 4.60. The highest BCUT2D eigenvalue weighted by Crippen LogP contribution is 2.47. The Morgan fingerprint density at radius 2 is 1.82 bits per heavy atom. The summed E-state index contributed by atoms with van der Waals surface area (Å²) in [4.78, 5) is 54.0. The standard InChI is InChI=1S/C24H15ClN4O5/c25-16-6-1-2-7-17(16)28-23(31)19-18-10-13(12-26)8-9-27(18)21(20(19)24(28)32)22(30)14-4-3-5-15(11-14)29(33)34/h1-11,18-21H/t18-,19+,20-,21+/m1/s1. The molecule has 3 aliphatic rings. The van der Waals surface area contributed by atoms with Crippen LogP contribution in [0.15, 0.2) is 72.5 Å². The smallest absolute Gasteiger partial charge is 0.270 e. The third kappa shape index (κ3) is 3.11. The maximum absolute atomic E-state index is 13.6. The van der Waals surface area contributed by atoms with Gasteiger partial charge in [0, 0.05) is 23.9 Å². The number of amides is 2. The summed E-state index contributed by atoms with van der Waals surface area (Å²) in [7, 11) is 0. The van der Waals surface area contributed by atoms with E-state index in [1.54, 1.807) is 35.2 Å². The van der Waals surface area contributed by atoms with Crippen molar-refractivity contribution in [1.29, 1.82) is 5.26 Å². The minimum Gasteiger partial charge on any atom is -0.359 e. The number of benzene rings is 2. The van der Waals surface area contributed by atoms with Crippen molar-refractivity contribution >= 4 is 40.6 Å². The molecule has 0 aliphatic carbocycles. The molecule has 0 radical (unpaired) electrons. The van der Waals surface area contributed by atoms with E-state index in [1.807, 2.05) is 6.07 Å². The number of imide groups is 1. The van der Waals surface area contributed by atoms with Gasteiger partial charge in [-0.2, -0.15) is 5.26 Å². The van der Waals surface area contributed by atoms with Gasteiger partial charge >= 0.3 is 0 Å². The van der Waals surface area contributed by atoms with Gasteiger partial charge in [0.2, 0.25) is 11.8 Å². The highest BCUT2D eigenvalue weighted by Gasteiger charge is 2.63. The maximum Gasteiger partial charge on any atom is 0.270 e. The summed E-state index contributed by atoms with van der Waals surface area (Å²) in [5, 5.41) is 20.8. The summed E-state index contributed by atoms with van der Waals surface area (Å²) < 4.78 is 0. The second-order valence-electron chi connectivity index (χ2n) is 8.12. The lowest BCUT2D eigenvalue weighted by Gasteiger charge is -2.32. The van der Waals surface area contributed by atoms with Crippen molar-refractivity contribution in [3.8, 4) is 6.07 Å². The number of allylic oxidation sites excluding steroid dienone is 2.